The second-order valence-corrected chi connectivity index (χ2v) is 6.89. The number of benzene rings is 1. The summed E-state index contributed by atoms with van der Waals surface area (Å²) in [5, 5.41) is 6.92. The molecule has 1 aliphatic heterocycles. The summed E-state index contributed by atoms with van der Waals surface area (Å²) in [5.74, 6) is 1.30. The van der Waals surface area contributed by atoms with E-state index in [4.69, 9.17) is 4.74 Å². The fraction of sp³-hybridized carbons (Fsp3) is 0.650. The summed E-state index contributed by atoms with van der Waals surface area (Å²) in [6, 6.07) is 6.91. The van der Waals surface area contributed by atoms with Crippen LogP contribution in [0.3, 0.4) is 0 Å². The first-order chi connectivity index (χ1) is 12.1. The van der Waals surface area contributed by atoms with Crippen molar-refractivity contribution in [2.45, 2.75) is 44.9 Å². The first kappa shape index (κ1) is 23.1. The number of hydrogen-bond donors (Lipinski definition) is 2. The zero-order valence-electron chi connectivity index (χ0n) is 16.2. The van der Waals surface area contributed by atoms with Crippen molar-refractivity contribution in [3.05, 3.63) is 35.6 Å². The van der Waals surface area contributed by atoms with E-state index in [1.165, 1.54) is 5.56 Å². The highest BCUT2D eigenvalue weighted by Gasteiger charge is 2.34. The molecule has 0 atom stereocenters. The van der Waals surface area contributed by atoms with E-state index in [2.05, 4.69) is 29.5 Å². The Bertz CT molecular complexity index is 540. The fourth-order valence-electron chi connectivity index (χ4n) is 3.42. The lowest BCUT2D eigenvalue weighted by Gasteiger charge is -2.38. The van der Waals surface area contributed by atoms with Gasteiger partial charge in [0.15, 0.2) is 5.96 Å². The van der Waals surface area contributed by atoms with Gasteiger partial charge in [0.2, 0.25) is 0 Å². The number of aliphatic imine (C=N–C) groups is 1. The first-order valence-electron chi connectivity index (χ1n) is 9.42. The van der Waals surface area contributed by atoms with Crippen molar-refractivity contribution in [1.82, 2.24) is 10.6 Å². The molecule has 0 amide bonds. The molecule has 1 fully saturated rings. The maximum atomic E-state index is 13.3. The van der Waals surface area contributed by atoms with Gasteiger partial charge in [-0.25, -0.2) is 4.39 Å². The Balaban J connectivity index is 0.00000338. The monoisotopic (exact) mass is 477 g/mol. The molecule has 0 radical (unpaired) electrons. The quantitative estimate of drug-likeness (QED) is 0.353. The van der Waals surface area contributed by atoms with Gasteiger partial charge in [0, 0.05) is 38.8 Å². The molecule has 0 aliphatic carbocycles. The SMILES string of the molecule is CCC(CC)CNC(=NC)NCC1(c2ccc(F)cc2)CCOCC1.I. The van der Waals surface area contributed by atoms with Gasteiger partial charge in [-0.1, -0.05) is 38.8 Å². The van der Waals surface area contributed by atoms with E-state index < -0.39 is 0 Å². The van der Waals surface area contributed by atoms with Gasteiger partial charge in [0.1, 0.15) is 5.82 Å². The molecule has 4 nitrogen and oxygen atoms in total. The largest absolute Gasteiger partial charge is 0.381 e. The van der Waals surface area contributed by atoms with E-state index in [9.17, 15) is 4.39 Å². The Morgan fingerprint density at radius 2 is 1.77 bits per heavy atom. The first-order valence-corrected chi connectivity index (χ1v) is 9.42. The van der Waals surface area contributed by atoms with Crippen LogP contribution in [0.2, 0.25) is 0 Å². The molecule has 0 unspecified atom stereocenters. The molecule has 1 saturated heterocycles. The lowest BCUT2D eigenvalue weighted by atomic mass is 9.74. The molecule has 1 aromatic rings. The van der Waals surface area contributed by atoms with Gasteiger partial charge >= 0.3 is 0 Å². The molecular weight excluding hydrogens is 444 g/mol. The molecule has 148 valence electrons. The van der Waals surface area contributed by atoms with Crippen molar-refractivity contribution in [2.75, 3.05) is 33.4 Å². The van der Waals surface area contributed by atoms with E-state index in [1.54, 1.807) is 19.2 Å². The second kappa shape index (κ2) is 11.7. The standard InChI is InChI=1S/C20H32FN3O.HI/c1-4-16(5-2)14-23-19(22-3)24-15-20(10-12-25-13-11-20)17-6-8-18(21)9-7-17;/h6-9,16H,4-5,10-15H2,1-3H3,(H2,22,23,24);1H. The van der Waals surface area contributed by atoms with Crippen LogP contribution in [0.25, 0.3) is 0 Å². The molecular formula is C20H33FIN3O. The number of nitrogens with one attached hydrogen (secondary N) is 2. The summed E-state index contributed by atoms with van der Waals surface area (Å²) in [6.07, 6.45) is 4.18. The maximum Gasteiger partial charge on any atom is 0.191 e. The molecule has 0 spiro atoms. The van der Waals surface area contributed by atoms with Crippen LogP contribution in [0.4, 0.5) is 4.39 Å². The number of halogens is 2. The molecule has 0 saturated carbocycles. The van der Waals surface area contributed by atoms with Crippen LogP contribution in [0.5, 0.6) is 0 Å². The molecule has 6 heteroatoms. The van der Waals surface area contributed by atoms with Crippen LogP contribution in [0.1, 0.15) is 45.1 Å². The van der Waals surface area contributed by atoms with Crippen LogP contribution in [-0.2, 0) is 10.2 Å². The average Bonchev–Trinajstić information content (AvgIpc) is 2.66. The van der Waals surface area contributed by atoms with Crippen LogP contribution >= 0.6 is 24.0 Å². The van der Waals surface area contributed by atoms with Crippen molar-refractivity contribution in [3.63, 3.8) is 0 Å². The maximum absolute atomic E-state index is 13.3. The zero-order chi connectivity index (χ0) is 18.1. The Labute approximate surface area is 174 Å². The van der Waals surface area contributed by atoms with E-state index in [-0.39, 0.29) is 35.2 Å². The van der Waals surface area contributed by atoms with Gasteiger partial charge in [0.05, 0.1) is 0 Å². The number of nitrogens with zero attached hydrogens (tertiary/aromatic N) is 1. The van der Waals surface area contributed by atoms with Crippen LogP contribution in [-0.4, -0.2) is 39.3 Å². The predicted molar refractivity (Wildman–Crippen MR) is 117 cm³/mol. The lowest BCUT2D eigenvalue weighted by molar-refractivity contribution is 0.0513. The van der Waals surface area contributed by atoms with Crippen LogP contribution < -0.4 is 10.6 Å². The normalized spacial score (nSPS) is 16.9. The van der Waals surface area contributed by atoms with Crippen molar-refractivity contribution in [3.8, 4) is 0 Å². The minimum absolute atomic E-state index is 0. The lowest BCUT2D eigenvalue weighted by Crippen LogP contribution is -2.48. The van der Waals surface area contributed by atoms with Gasteiger partial charge in [-0.3, -0.25) is 4.99 Å². The van der Waals surface area contributed by atoms with Crippen molar-refractivity contribution < 1.29 is 9.13 Å². The second-order valence-electron chi connectivity index (χ2n) is 6.89. The van der Waals surface area contributed by atoms with Crippen molar-refractivity contribution >= 4 is 29.9 Å². The third-order valence-electron chi connectivity index (χ3n) is 5.44. The fourth-order valence-corrected chi connectivity index (χ4v) is 3.42. The zero-order valence-corrected chi connectivity index (χ0v) is 18.5. The predicted octanol–water partition coefficient (Wildman–Crippen LogP) is 4.09. The molecule has 1 heterocycles. The summed E-state index contributed by atoms with van der Waals surface area (Å²) < 4.78 is 18.9. The summed E-state index contributed by atoms with van der Waals surface area (Å²) >= 11 is 0. The van der Waals surface area contributed by atoms with Crippen LogP contribution in [0.15, 0.2) is 29.3 Å². The van der Waals surface area contributed by atoms with Crippen molar-refractivity contribution in [2.24, 2.45) is 10.9 Å². The molecule has 2 rings (SSSR count). The van der Waals surface area contributed by atoms with Gasteiger partial charge in [-0.05, 0) is 36.5 Å². The third kappa shape index (κ3) is 6.37. The Morgan fingerprint density at radius 1 is 1.15 bits per heavy atom. The van der Waals surface area contributed by atoms with Crippen molar-refractivity contribution in [1.29, 1.82) is 0 Å². The highest BCUT2D eigenvalue weighted by atomic mass is 127. The number of hydrogen-bond acceptors (Lipinski definition) is 2. The van der Waals surface area contributed by atoms with E-state index in [1.807, 2.05) is 12.1 Å². The Kier molecular flexibility index (Phi) is 10.5. The summed E-state index contributed by atoms with van der Waals surface area (Å²) in [4.78, 5) is 4.36. The minimum atomic E-state index is -0.193. The Hall–Kier alpha value is -0.890. The molecule has 2 N–H and O–H groups in total. The molecule has 1 aromatic carbocycles. The van der Waals surface area contributed by atoms with Gasteiger partial charge < -0.3 is 15.4 Å². The average molecular weight is 477 g/mol. The van der Waals surface area contributed by atoms with Gasteiger partial charge in [-0.15, -0.1) is 24.0 Å². The van der Waals surface area contributed by atoms with Crippen LogP contribution in [0, 0.1) is 11.7 Å². The minimum Gasteiger partial charge on any atom is -0.381 e. The highest BCUT2D eigenvalue weighted by Crippen LogP contribution is 2.34. The smallest absolute Gasteiger partial charge is 0.191 e. The number of guanidine groups is 1. The molecule has 0 bridgehead atoms. The van der Waals surface area contributed by atoms with E-state index in [0.717, 1.165) is 57.9 Å². The molecule has 0 aromatic heterocycles. The third-order valence-corrected chi connectivity index (χ3v) is 5.44. The van der Waals surface area contributed by atoms with E-state index >= 15 is 0 Å². The Morgan fingerprint density at radius 3 is 2.31 bits per heavy atom. The molecule has 1 aliphatic rings. The van der Waals surface area contributed by atoms with Gasteiger partial charge in [0.25, 0.3) is 0 Å². The number of rotatable bonds is 7. The van der Waals surface area contributed by atoms with Gasteiger partial charge in [-0.2, -0.15) is 0 Å². The summed E-state index contributed by atoms with van der Waals surface area (Å²) in [5.41, 5.74) is 1.12. The molecule has 26 heavy (non-hydrogen) atoms. The summed E-state index contributed by atoms with van der Waals surface area (Å²) in [7, 11) is 1.80. The highest BCUT2D eigenvalue weighted by molar-refractivity contribution is 14.0. The number of ether oxygens (including phenoxy) is 1. The topological polar surface area (TPSA) is 45.7 Å². The van der Waals surface area contributed by atoms with E-state index in [0.29, 0.717) is 5.92 Å². The summed E-state index contributed by atoms with van der Waals surface area (Å²) in [6.45, 7) is 7.61.